The first-order chi connectivity index (χ1) is 26.3. The third kappa shape index (κ3) is 8.23. The molecule has 0 amide bonds. The van der Waals surface area contributed by atoms with Gasteiger partial charge in [-0.05, 0) is 73.0 Å². The number of benzene rings is 4. The van der Waals surface area contributed by atoms with Crippen LogP contribution in [0.1, 0.15) is 29.2 Å². The van der Waals surface area contributed by atoms with Crippen molar-refractivity contribution in [2.24, 2.45) is 0 Å². The number of nitrogens with one attached hydrogen (secondary N) is 2. The van der Waals surface area contributed by atoms with Crippen molar-refractivity contribution in [2.75, 3.05) is 19.0 Å². The van der Waals surface area contributed by atoms with Gasteiger partial charge in [-0.25, -0.2) is 9.97 Å². The van der Waals surface area contributed by atoms with Gasteiger partial charge < -0.3 is 19.6 Å². The minimum Gasteiger partial charge on any atom is -0.457 e. The first-order valence-electron chi connectivity index (χ1n) is 17.5. The summed E-state index contributed by atoms with van der Waals surface area (Å²) in [6, 6.07) is 38.4. The molecule has 0 bridgehead atoms. The van der Waals surface area contributed by atoms with Gasteiger partial charge in [-0.2, -0.15) is 0 Å². The zero-order chi connectivity index (χ0) is 37.4. The number of aryl methyl sites for hydroxylation is 1. The average molecular weight is 704 g/mol. The summed E-state index contributed by atoms with van der Waals surface area (Å²) < 4.78 is 6.06. The van der Waals surface area contributed by atoms with E-state index in [0.29, 0.717) is 0 Å². The third-order valence-electron chi connectivity index (χ3n) is 8.71. The van der Waals surface area contributed by atoms with Crippen molar-refractivity contribution in [3.63, 3.8) is 0 Å². The highest BCUT2D eigenvalue weighted by atomic mass is 16.5. The molecule has 2 N–H and O–H groups in total. The molecule has 0 aliphatic rings. The zero-order valence-electron chi connectivity index (χ0n) is 30.4. The highest BCUT2D eigenvalue weighted by Crippen LogP contribution is 2.34. The quantitative estimate of drug-likeness (QED) is 0.174. The predicted octanol–water partition coefficient (Wildman–Crippen LogP) is 9.97. The molecule has 0 aliphatic carbocycles. The predicted molar refractivity (Wildman–Crippen MR) is 219 cm³/mol. The molecule has 0 fully saturated rings. The van der Waals surface area contributed by atoms with Gasteiger partial charge in [-0.1, -0.05) is 84.0 Å². The lowest BCUT2D eigenvalue weighted by atomic mass is 10.0. The van der Waals surface area contributed by atoms with Gasteiger partial charge in [0, 0.05) is 84.5 Å². The number of para-hydroxylation sites is 2. The smallest absolute Gasteiger partial charge is 0.202 e. The maximum atomic E-state index is 11.2. The van der Waals surface area contributed by atoms with Crippen LogP contribution in [0.2, 0.25) is 0 Å². The summed E-state index contributed by atoms with van der Waals surface area (Å²) in [5.74, 6) is 13.3. The Hall–Kier alpha value is -7.35. The minimum atomic E-state index is -0.171. The summed E-state index contributed by atoms with van der Waals surface area (Å²) in [4.78, 5) is 28.6. The van der Waals surface area contributed by atoms with Crippen LogP contribution in [-0.4, -0.2) is 39.8 Å². The molecule has 7 nitrogen and oxygen atoms in total. The number of pyridine rings is 2. The van der Waals surface area contributed by atoms with Gasteiger partial charge in [0.15, 0.2) is 0 Å². The first-order valence-corrected chi connectivity index (χ1v) is 17.5. The van der Waals surface area contributed by atoms with E-state index in [1.165, 1.54) is 18.2 Å². The van der Waals surface area contributed by atoms with Crippen molar-refractivity contribution >= 4 is 33.5 Å². The minimum absolute atomic E-state index is 0.171. The van der Waals surface area contributed by atoms with Crippen LogP contribution < -0.4 is 9.64 Å². The van der Waals surface area contributed by atoms with E-state index in [4.69, 9.17) is 4.74 Å². The van der Waals surface area contributed by atoms with E-state index in [-0.39, 0.29) is 5.78 Å². The number of aromatic nitrogens is 4. The van der Waals surface area contributed by atoms with Crippen molar-refractivity contribution in [3.05, 3.63) is 162 Å². The number of nitrogens with zero attached hydrogens (tertiary/aromatic N) is 3. The number of carbonyl (C=O) groups is 1. The fourth-order valence-electron chi connectivity index (χ4n) is 5.81. The van der Waals surface area contributed by atoms with Crippen molar-refractivity contribution in [2.45, 2.75) is 13.8 Å². The Morgan fingerprint density at radius 3 is 1.94 bits per heavy atom. The van der Waals surface area contributed by atoms with Crippen LogP contribution in [0.25, 0.3) is 44.3 Å². The Morgan fingerprint density at radius 2 is 1.28 bits per heavy atom. The molecule has 262 valence electrons. The number of carbonyl (C=O) groups excluding carboxylic acids is 1. The van der Waals surface area contributed by atoms with Gasteiger partial charge in [0.2, 0.25) is 5.78 Å². The summed E-state index contributed by atoms with van der Waals surface area (Å²) in [6.45, 7) is 3.53. The third-order valence-corrected chi connectivity index (χ3v) is 8.71. The molecule has 0 atom stereocenters. The molecule has 0 saturated carbocycles. The lowest BCUT2D eigenvalue weighted by Crippen LogP contribution is -2.07. The Labute approximate surface area is 314 Å². The number of H-pyrrole nitrogens is 2. The number of aromatic amines is 2. The second-order valence-corrected chi connectivity index (χ2v) is 12.9. The molecule has 0 unspecified atom stereocenters. The maximum Gasteiger partial charge on any atom is 0.202 e. The topological polar surface area (TPSA) is 86.9 Å². The largest absolute Gasteiger partial charge is 0.457 e. The van der Waals surface area contributed by atoms with Gasteiger partial charge in [-0.3, -0.25) is 4.79 Å². The monoisotopic (exact) mass is 703 g/mol. The molecule has 7 heteroatoms. The summed E-state index contributed by atoms with van der Waals surface area (Å²) in [7, 11) is 4.09. The number of ether oxygens (including phenoxy) is 1. The van der Waals surface area contributed by atoms with Crippen LogP contribution in [0.3, 0.4) is 0 Å². The highest BCUT2D eigenvalue weighted by molar-refractivity contribution is 5.96. The lowest BCUT2D eigenvalue weighted by Gasteiger charge is -2.12. The Balaban J connectivity index is 0.000000167. The van der Waals surface area contributed by atoms with Gasteiger partial charge >= 0.3 is 0 Å². The highest BCUT2D eigenvalue weighted by Gasteiger charge is 2.11. The van der Waals surface area contributed by atoms with Gasteiger partial charge in [0.1, 0.15) is 22.8 Å². The summed E-state index contributed by atoms with van der Waals surface area (Å²) >= 11 is 0. The number of hydrogen-bond donors (Lipinski definition) is 2. The molecule has 8 aromatic rings. The number of anilines is 1. The van der Waals surface area contributed by atoms with E-state index in [1.54, 1.807) is 12.4 Å². The van der Waals surface area contributed by atoms with Crippen LogP contribution >= 0.6 is 0 Å². The molecular formula is C47H37N5O2. The molecule has 0 aliphatic heterocycles. The lowest BCUT2D eigenvalue weighted by molar-refractivity contribution is -0.111. The zero-order valence-corrected chi connectivity index (χ0v) is 30.4. The fraction of sp³-hybridized carbons (Fsp3) is 0.0851. The number of fused-ring (bicyclic) bond motifs is 2. The van der Waals surface area contributed by atoms with E-state index in [0.717, 1.165) is 72.5 Å². The van der Waals surface area contributed by atoms with E-state index in [2.05, 4.69) is 97.9 Å². The van der Waals surface area contributed by atoms with Crippen LogP contribution in [0, 0.1) is 30.6 Å². The van der Waals surface area contributed by atoms with E-state index in [1.807, 2.05) is 99.3 Å². The maximum absolute atomic E-state index is 11.2. The molecule has 54 heavy (non-hydrogen) atoms. The molecule has 4 aromatic heterocycles. The first kappa shape index (κ1) is 35.1. The SMILES string of the molecule is CC(=O)C#Cc1c[nH]c2ncc(-c3ccccc3Oc3ccccc3)cc12.Cc1ccc(C#Cc2c[nH]c3ncc(-c4ccc(N(C)C)cc4)cc23)cc1. The average Bonchev–Trinajstić information content (AvgIpc) is 3.81. The Kier molecular flexibility index (Phi) is 10.3. The summed E-state index contributed by atoms with van der Waals surface area (Å²) in [6.07, 6.45) is 7.40. The normalized spacial score (nSPS) is 10.4. The number of rotatable bonds is 5. The van der Waals surface area contributed by atoms with Crippen molar-refractivity contribution in [1.82, 2.24) is 19.9 Å². The van der Waals surface area contributed by atoms with Crippen LogP contribution in [0.5, 0.6) is 11.5 Å². The Bertz CT molecular complexity index is 2700. The Morgan fingerprint density at radius 1 is 0.667 bits per heavy atom. The van der Waals surface area contributed by atoms with E-state index in [9.17, 15) is 4.79 Å². The van der Waals surface area contributed by atoms with Gasteiger partial charge in [0.25, 0.3) is 0 Å². The van der Waals surface area contributed by atoms with Crippen LogP contribution in [0.15, 0.2) is 140 Å². The fourth-order valence-corrected chi connectivity index (χ4v) is 5.81. The summed E-state index contributed by atoms with van der Waals surface area (Å²) in [5.41, 5.74) is 10.8. The van der Waals surface area contributed by atoms with Gasteiger partial charge in [0.05, 0.1) is 11.1 Å². The molecule has 4 aromatic carbocycles. The number of hydrogen-bond acceptors (Lipinski definition) is 5. The van der Waals surface area contributed by atoms with Crippen LogP contribution in [-0.2, 0) is 4.79 Å². The van der Waals surface area contributed by atoms with Crippen molar-refractivity contribution < 1.29 is 9.53 Å². The van der Waals surface area contributed by atoms with Crippen LogP contribution in [0.4, 0.5) is 5.69 Å². The second-order valence-electron chi connectivity index (χ2n) is 12.9. The van der Waals surface area contributed by atoms with Crippen molar-refractivity contribution in [1.29, 1.82) is 0 Å². The second kappa shape index (κ2) is 15.9. The van der Waals surface area contributed by atoms with Gasteiger partial charge in [-0.15, -0.1) is 0 Å². The summed E-state index contributed by atoms with van der Waals surface area (Å²) in [5, 5.41) is 1.92. The van der Waals surface area contributed by atoms with Crippen molar-refractivity contribution in [3.8, 4) is 57.4 Å². The molecular weight excluding hydrogens is 667 g/mol. The molecule has 8 rings (SSSR count). The molecule has 0 radical (unpaired) electrons. The number of Topliss-reactive ketones (excluding diaryl/α,β-unsaturated/α-hetero) is 1. The molecule has 0 spiro atoms. The van der Waals surface area contributed by atoms with E-state index >= 15 is 0 Å². The standard InChI is InChI=1S/C24H21N3.C23H16N2O2/c1-17-4-6-18(7-5-17)8-9-20-15-25-24-23(20)14-21(16-26-24)19-10-12-22(13-11-19)27(2)3;1-16(26)11-12-17-14-24-23-21(17)13-18(15-25-23)20-9-5-6-10-22(20)27-19-7-3-2-4-8-19/h4-7,10-16H,1-3H3,(H,25,26);2-10,13-15H,1H3,(H,24,25). The molecule has 4 heterocycles. The number of ketones is 1. The molecule has 0 saturated heterocycles. The van der Waals surface area contributed by atoms with E-state index < -0.39 is 0 Å².